The van der Waals surface area contributed by atoms with E-state index in [9.17, 15) is 18.0 Å². The molecule has 30 heavy (non-hydrogen) atoms. The average molecular weight is 446 g/mol. The molecule has 1 amide bonds. The van der Waals surface area contributed by atoms with Crippen LogP contribution >= 0.6 is 11.6 Å². The Balaban J connectivity index is 1.68. The van der Waals surface area contributed by atoms with Crippen molar-refractivity contribution in [1.29, 1.82) is 5.26 Å². The molecule has 1 aromatic carbocycles. The van der Waals surface area contributed by atoms with Crippen molar-refractivity contribution in [3.63, 3.8) is 0 Å². The third-order valence-corrected chi connectivity index (χ3v) is 5.64. The van der Waals surface area contributed by atoms with Gasteiger partial charge < -0.3 is 15.8 Å². The highest BCUT2D eigenvalue weighted by atomic mass is 35.5. The summed E-state index contributed by atoms with van der Waals surface area (Å²) >= 11 is 5.70. The fourth-order valence-electron chi connectivity index (χ4n) is 3.36. The zero-order chi connectivity index (χ0) is 21.9. The lowest BCUT2D eigenvalue weighted by Gasteiger charge is -2.38. The van der Waals surface area contributed by atoms with Crippen LogP contribution in [-0.4, -0.2) is 38.4 Å². The highest BCUT2D eigenvalue weighted by Gasteiger charge is 2.50. The summed E-state index contributed by atoms with van der Waals surface area (Å²) in [6.07, 6.45) is -4.63. The first kappa shape index (κ1) is 22.8. The highest BCUT2D eigenvalue weighted by molar-refractivity contribution is 6.31. The molecule has 3 unspecified atom stereocenters. The van der Waals surface area contributed by atoms with Gasteiger partial charge in [0.25, 0.3) is 0 Å². The molecule has 164 valence electrons. The minimum atomic E-state index is -4.57. The largest absolute Gasteiger partial charge is 0.417 e. The summed E-state index contributed by atoms with van der Waals surface area (Å²) in [6.45, 7) is 1.13. The Morgan fingerprint density at radius 2 is 2.17 bits per heavy atom. The summed E-state index contributed by atoms with van der Waals surface area (Å²) in [5.74, 6) is -0.516. The van der Waals surface area contributed by atoms with Crippen LogP contribution in [0.5, 0.6) is 0 Å². The normalized spacial score (nSPS) is 25.4. The molecule has 0 bridgehead atoms. The van der Waals surface area contributed by atoms with Gasteiger partial charge in [-0.25, -0.2) is 0 Å². The minimum Gasteiger partial charge on any atom is -0.362 e. The summed E-state index contributed by atoms with van der Waals surface area (Å²) in [5.41, 5.74) is 4.03. The third kappa shape index (κ3) is 5.04. The SMILES string of the molecule is N#CC1(C(=O)NCC2CNC(c3ccc(Cl)c(C(F)(F)F)c3)NC2OCCN)CC1. The number of nitrogens with zero attached hydrogens (tertiary/aromatic N) is 1. The summed E-state index contributed by atoms with van der Waals surface area (Å²) in [4.78, 5) is 12.2. The highest BCUT2D eigenvalue weighted by Crippen LogP contribution is 2.45. The molecule has 3 rings (SSSR count). The first-order chi connectivity index (χ1) is 14.2. The van der Waals surface area contributed by atoms with E-state index in [1.54, 1.807) is 0 Å². The second-order valence-electron chi connectivity index (χ2n) is 7.49. The predicted molar refractivity (Wildman–Crippen MR) is 103 cm³/mol. The van der Waals surface area contributed by atoms with Crippen LogP contribution in [-0.2, 0) is 15.7 Å². The van der Waals surface area contributed by atoms with Crippen LogP contribution < -0.4 is 21.7 Å². The van der Waals surface area contributed by atoms with Crippen LogP contribution in [0.3, 0.4) is 0 Å². The number of carbonyl (C=O) groups excluding carboxylic acids is 1. The zero-order valence-electron chi connectivity index (χ0n) is 16.1. The lowest BCUT2D eigenvalue weighted by Crippen LogP contribution is -2.57. The topological polar surface area (TPSA) is 112 Å². The van der Waals surface area contributed by atoms with E-state index >= 15 is 0 Å². The molecule has 0 aromatic heterocycles. The van der Waals surface area contributed by atoms with E-state index in [0.717, 1.165) is 6.07 Å². The molecule has 1 heterocycles. The van der Waals surface area contributed by atoms with E-state index < -0.39 is 29.5 Å². The molecule has 7 nitrogen and oxygen atoms in total. The summed E-state index contributed by atoms with van der Waals surface area (Å²) in [7, 11) is 0. The van der Waals surface area contributed by atoms with Gasteiger partial charge in [-0.15, -0.1) is 0 Å². The number of hydrogen-bond acceptors (Lipinski definition) is 6. The Kier molecular flexibility index (Phi) is 6.89. The number of halogens is 4. The van der Waals surface area contributed by atoms with Crippen molar-refractivity contribution in [2.75, 3.05) is 26.2 Å². The molecule has 1 aromatic rings. The molecule has 3 atom stereocenters. The van der Waals surface area contributed by atoms with Gasteiger partial charge >= 0.3 is 6.18 Å². The van der Waals surface area contributed by atoms with Crippen molar-refractivity contribution < 1.29 is 22.7 Å². The van der Waals surface area contributed by atoms with E-state index in [0.29, 0.717) is 24.9 Å². The first-order valence-corrected chi connectivity index (χ1v) is 9.95. The molecule has 1 aliphatic carbocycles. The predicted octanol–water partition coefficient (Wildman–Crippen LogP) is 1.89. The van der Waals surface area contributed by atoms with E-state index in [2.05, 4.69) is 16.0 Å². The maximum atomic E-state index is 13.2. The number of amides is 1. The van der Waals surface area contributed by atoms with Gasteiger partial charge in [0.2, 0.25) is 5.91 Å². The molecular weight excluding hydrogens is 423 g/mol. The van der Waals surface area contributed by atoms with E-state index in [-0.39, 0.29) is 36.5 Å². The van der Waals surface area contributed by atoms with Crippen LogP contribution in [0, 0.1) is 22.7 Å². The quantitative estimate of drug-likeness (QED) is 0.510. The number of nitrogens with one attached hydrogen (secondary N) is 3. The zero-order valence-corrected chi connectivity index (χ0v) is 16.8. The molecule has 2 fully saturated rings. The molecule has 1 saturated carbocycles. The van der Waals surface area contributed by atoms with Crippen molar-refractivity contribution in [2.24, 2.45) is 17.1 Å². The Morgan fingerprint density at radius 3 is 2.77 bits per heavy atom. The number of ether oxygens (including phenoxy) is 1. The van der Waals surface area contributed by atoms with E-state index in [1.807, 2.05) is 6.07 Å². The lowest BCUT2D eigenvalue weighted by molar-refractivity contribution is -0.137. The fourth-order valence-corrected chi connectivity index (χ4v) is 3.58. The molecule has 1 aliphatic heterocycles. The molecule has 0 spiro atoms. The summed E-state index contributed by atoms with van der Waals surface area (Å²) in [5, 5.41) is 17.8. The molecule has 5 N–H and O–H groups in total. The molecule has 0 radical (unpaired) electrons. The molecular formula is C19H23ClF3N5O2. The number of nitriles is 1. The Bertz CT molecular complexity index is 825. The molecule has 11 heteroatoms. The van der Waals surface area contributed by atoms with Gasteiger partial charge in [0.1, 0.15) is 11.6 Å². The second-order valence-corrected chi connectivity index (χ2v) is 7.90. The third-order valence-electron chi connectivity index (χ3n) is 5.31. The number of alkyl halides is 3. The Morgan fingerprint density at radius 1 is 1.43 bits per heavy atom. The number of nitrogens with two attached hydrogens (primary N) is 1. The van der Waals surface area contributed by atoms with Gasteiger partial charge in [-0.1, -0.05) is 17.7 Å². The summed E-state index contributed by atoms with van der Waals surface area (Å²) < 4.78 is 45.3. The van der Waals surface area contributed by atoms with Gasteiger partial charge in [-0.3, -0.25) is 15.4 Å². The van der Waals surface area contributed by atoms with Crippen molar-refractivity contribution in [2.45, 2.75) is 31.4 Å². The number of carbonyl (C=O) groups is 1. The van der Waals surface area contributed by atoms with Crippen LogP contribution in [0.1, 0.15) is 30.1 Å². The Hall–Kier alpha value is -1.90. The molecule has 2 aliphatic rings. The number of benzene rings is 1. The fraction of sp³-hybridized carbons (Fsp3) is 0.579. The van der Waals surface area contributed by atoms with Crippen LogP contribution in [0.15, 0.2) is 18.2 Å². The maximum Gasteiger partial charge on any atom is 0.417 e. The van der Waals surface area contributed by atoms with Crippen molar-refractivity contribution in [3.05, 3.63) is 34.3 Å². The summed E-state index contributed by atoms with van der Waals surface area (Å²) in [6, 6.07) is 5.76. The Labute approximate surface area is 177 Å². The van der Waals surface area contributed by atoms with Crippen molar-refractivity contribution >= 4 is 17.5 Å². The van der Waals surface area contributed by atoms with Gasteiger partial charge in [0.15, 0.2) is 0 Å². The number of hydrogen-bond donors (Lipinski definition) is 4. The van der Waals surface area contributed by atoms with Crippen LogP contribution in [0.25, 0.3) is 0 Å². The van der Waals surface area contributed by atoms with Gasteiger partial charge in [0, 0.05) is 25.6 Å². The van der Waals surface area contributed by atoms with Crippen LogP contribution in [0.4, 0.5) is 13.2 Å². The van der Waals surface area contributed by atoms with Gasteiger partial charge in [-0.2, -0.15) is 18.4 Å². The van der Waals surface area contributed by atoms with Crippen molar-refractivity contribution in [1.82, 2.24) is 16.0 Å². The van der Waals surface area contributed by atoms with Crippen molar-refractivity contribution in [3.8, 4) is 6.07 Å². The van der Waals surface area contributed by atoms with E-state index in [4.69, 9.17) is 27.3 Å². The van der Waals surface area contributed by atoms with Gasteiger partial charge in [-0.05, 0) is 30.5 Å². The number of rotatable bonds is 7. The maximum absolute atomic E-state index is 13.2. The average Bonchev–Trinajstić information content (AvgIpc) is 3.51. The first-order valence-electron chi connectivity index (χ1n) is 9.57. The monoisotopic (exact) mass is 445 g/mol. The van der Waals surface area contributed by atoms with Crippen LogP contribution in [0.2, 0.25) is 5.02 Å². The second kappa shape index (κ2) is 9.08. The van der Waals surface area contributed by atoms with Gasteiger partial charge in [0.05, 0.1) is 29.4 Å². The standard InChI is InChI=1S/C19H23ClF3N5O2/c20-14-2-1-11(7-13(14)19(21,22)23)15-26-8-12(16(28-15)30-6-5-24)9-27-17(29)18(10-25)3-4-18/h1-2,7,12,15-16,26,28H,3-6,8-9,24H2,(H,27,29). The lowest BCUT2D eigenvalue weighted by atomic mass is 10.00. The van der Waals surface area contributed by atoms with E-state index in [1.165, 1.54) is 12.1 Å². The molecule has 1 saturated heterocycles. The minimum absolute atomic E-state index is 0.208. The smallest absolute Gasteiger partial charge is 0.362 e.